The Bertz CT molecular complexity index is 737. The third-order valence-electron chi connectivity index (χ3n) is 3.16. The van der Waals surface area contributed by atoms with E-state index in [4.69, 9.17) is 4.74 Å². The molecule has 3 rings (SSSR count). The van der Waals surface area contributed by atoms with E-state index < -0.39 is 6.04 Å². The van der Waals surface area contributed by atoms with Crippen LogP contribution in [0.2, 0.25) is 0 Å². The molecule has 20 heavy (non-hydrogen) atoms. The summed E-state index contributed by atoms with van der Waals surface area (Å²) in [5, 5.41) is 8.19. The molecule has 1 atom stereocenters. The topological polar surface area (TPSA) is 57.0 Å². The fourth-order valence-electron chi connectivity index (χ4n) is 2.20. The molecule has 1 unspecified atom stereocenters. The number of nitrogens with zero attached hydrogens (tertiary/aromatic N) is 3. The molecule has 5 nitrogen and oxygen atoms in total. The van der Waals surface area contributed by atoms with E-state index in [1.54, 1.807) is 4.68 Å². The van der Waals surface area contributed by atoms with Crippen molar-refractivity contribution in [3.8, 4) is 0 Å². The first-order valence-corrected chi connectivity index (χ1v) is 6.24. The summed E-state index contributed by atoms with van der Waals surface area (Å²) < 4.78 is 6.51. The van der Waals surface area contributed by atoms with Crippen molar-refractivity contribution < 1.29 is 9.53 Å². The van der Waals surface area contributed by atoms with E-state index in [0.29, 0.717) is 0 Å². The number of benzene rings is 2. The molecule has 5 heteroatoms. The molecule has 0 saturated heterocycles. The molecule has 0 radical (unpaired) electrons. The monoisotopic (exact) mass is 267 g/mol. The number of aromatic nitrogens is 3. The Hall–Kier alpha value is -2.69. The van der Waals surface area contributed by atoms with Gasteiger partial charge in [0, 0.05) is 0 Å². The van der Waals surface area contributed by atoms with Crippen molar-refractivity contribution in [1.29, 1.82) is 0 Å². The van der Waals surface area contributed by atoms with Gasteiger partial charge in [0.25, 0.3) is 0 Å². The van der Waals surface area contributed by atoms with Crippen LogP contribution in [0.15, 0.2) is 54.6 Å². The number of hydrogen-bond donors (Lipinski definition) is 0. The Morgan fingerprint density at radius 2 is 1.80 bits per heavy atom. The van der Waals surface area contributed by atoms with Crippen molar-refractivity contribution in [1.82, 2.24) is 15.0 Å². The first-order chi connectivity index (χ1) is 9.81. The minimum absolute atomic E-state index is 0.369. The van der Waals surface area contributed by atoms with Crippen LogP contribution in [-0.2, 0) is 9.53 Å². The van der Waals surface area contributed by atoms with Crippen LogP contribution in [0.25, 0.3) is 11.0 Å². The number of rotatable bonds is 3. The van der Waals surface area contributed by atoms with E-state index >= 15 is 0 Å². The average molecular weight is 267 g/mol. The lowest BCUT2D eigenvalue weighted by Crippen LogP contribution is -2.23. The molecular formula is C15H13N3O2. The third kappa shape index (κ3) is 2.03. The minimum Gasteiger partial charge on any atom is -0.467 e. The van der Waals surface area contributed by atoms with Crippen molar-refractivity contribution in [3.05, 3.63) is 60.2 Å². The predicted octanol–water partition coefficient (Wildman–Crippen LogP) is 2.19. The number of esters is 1. The van der Waals surface area contributed by atoms with Gasteiger partial charge in [0.05, 0.1) is 12.6 Å². The van der Waals surface area contributed by atoms with Gasteiger partial charge in [0.1, 0.15) is 5.52 Å². The van der Waals surface area contributed by atoms with E-state index in [2.05, 4.69) is 10.3 Å². The van der Waals surface area contributed by atoms with Crippen molar-refractivity contribution in [2.75, 3.05) is 7.11 Å². The molecular weight excluding hydrogens is 254 g/mol. The predicted molar refractivity (Wildman–Crippen MR) is 74.1 cm³/mol. The van der Waals surface area contributed by atoms with Crippen LogP contribution in [0, 0.1) is 0 Å². The molecule has 100 valence electrons. The molecule has 0 aliphatic rings. The largest absolute Gasteiger partial charge is 0.467 e. The van der Waals surface area contributed by atoms with Gasteiger partial charge in [0.15, 0.2) is 6.04 Å². The molecule has 2 aromatic carbocycles. The Balaban J connectivity index is 2.17. The Kier molecular flexibility index (Phi) is 3.16. The summed E-state index contributed by atoms with van der Waals surface area (Å²) in [6.07, 6.45) is 0. The maximum absolute atomic E-state index is 12.1. The Morgan fingerprint density at radius 3 is 2.55 bits per heavy atom. The second-order valence-electron chi connectivity index (χ2n) is 4.36. The fourth-order valence-corrected chi connectivity index (χ4v) is 2.20. The van der Waals surface area contributed by atoms with Crippen LogP contribution >= 0.6 is 0 Å². The van der Waals surface area contributed by atoms with Gasteiger partial charge in [-0.2, -0.15) is 0 Å². The van der Waals surface area contributed by atoms with Gasteiger partial charge in [-0.15, -0.1) is 5.10 Å². The highest BCUT2D eigenvalue weighted by Crippen LogP contribution is 2.23. The van der Waals surface area contributed by atoms with Crippen LogP contribution in [-0.4, -0.2) is 28.1 Å². The van der Waals surface area contributed by atoms with Crippen LogP contribution < -0.4 is 0 Å². The summed E-state index contributed by atoms with van der Waals surface area (Å²) in [7, 11) is 1.37. The SMILES string of the molecule is COC(=O)C(c1ccccc1)n1nnc2ccccc21. The zero-order chi connectivity index (χ0) is 13.9. The van der Waals surface area contributed by atoms with E-state index in [9.17, 15) is 4.79 Å². The second-order valence-corrected chi connectivity index (χ2v) is 4.36. The first-order valence-electron chi connectivity index (χ1n) is 6.24. The number of carbonyl (C=O) groups is 1. The number of carbonyl (C=O) groups excluding carboxylic acids is 1. The summed E-state index contributed by atoms with van der Waals surface area (Å²) in [4.78, 5) is 12.1. The summed E-state index contributed by atoms with van der Waals surface area (Å²) in [6, 6.07) is 16.3. The van der Waals surface area contributed by atoms with Crippen LogP contribution in [0.1, 0.15) is 11.6 Å². The number of ether oxygens (including phenoxy) is 1. The van der Waals surface area contributed by atoms with E-state index in [-0.39, 0.29) is 5.97 Å². The summed E-state index contributed by atoms with van der Waals surface area (Å²) in [5.41, 5.74) is 2.36. The third-order valence-corrected chi connectivity index (χ3v) is 3.16. The van der Waals surface area contributed by atoms with Gasteiger partial charge in [-0.3, -0.25) is 0 Å². The summed E-state index contributed by atoms with van der Waals surface area (Å²) in [6.45, 7) is 0. The molecule has 0 fully saturated rings. The van der Waals surface area contributed by atoms with Gasteiger partial charge in [-0.25, -0.2) is 9.48 Å². The molecule has 0 aliphatic carbocycles. The molecule has 0 amide bonds. The molecule has 1 heterocycles. The highest BCUT2D eigenvalue weighted by Gasteiger charge is 2.26. The minimum atomic E-state index is -0.631. The van der Waals surface area contributed by atoms with Gasteiger partial charge in [-0.05, 0) is 17.7 Å². The van der Waals surface area contributed by atoms with Crippen molar-refractivity contribution in [3.63, 3.8) is 0 Å². The van der Waals surface area contributed by atoms with Crippen LogP contribution in [0.3, 0.4) is 0 Å². The molecule has 0 bridgehead atoms. The molecule has 0 aliphatic heterocycles. The summed E-state index contributed by atoms with van der Waals surface area (Å²) in [5.74, 6) is -0.369. The maximum atomic E-state index is 12.1. The van der Waals surface area contributed by atoms with Crippen molar-refractivity contribution in [2.45, 2.75) is 6.04 Å². The van der Waals surface area contributed by atoms with Gasteiger partial charge >= 0.3 is 5.97 Å². The number of methoxy groups -OCH3 is 1. The lowest BCUT2D eigenvalue weighted by atomic mass is 10.1. The standard InChI is InChI=1S/C15H13N3O2/c1-20-15(19)14(11-7-3-2-4-8-11)18-13-10-6-5-9-12(13)16-17-18/h2-10,14H,1H3. The molecule has 3 aromatic rings. The molecule has 0 N–H and O–H groups in total. The summed E-state index contributed by atoms with van der Waals surface area (Å²) >= 11 is 0. The zero-order valence-corrected chi connectivity index (χ0v) is 10.9. The maximum Gasteiger partial charge on any atom is 0.335 e. The molecule has 0 spiro atoms. The molecule has 0 saturated carbocycles. The van der Waals surface area contributed by atoms with E-state index in [0.717, 1.165) is 16.6 Å². The highest BCUT2D eigenvalue weighted by atomic mass is 16.5. The Morgan fingerprint density at radius 1 is 1.10 bits per heavy atom. The Labute approximate surface area is 115 Å². The lowest BCUT2D eigenvalue weighted by Gasteiger charge is -2.15. The van der Waals surface area contributed by atoms with Crippen LogP contribution in [0.5, 0.6) is 0 Å². The average Bonchev–Trinajstić information content (AvgIpc) is 2.92. The van der Waals surface area contributed by atoms with Crippen molar-refractivity contribution in [2.24, 2.45) is 0 Å². The normalized spacial score (nSPS) is 12.2. The van der Waals surface area contributed by atoms with Gasteiger partial charge in [0.2, 0.25) is 0 Å². The zero-order valence-electron chi connectivity index (χ0n) is 10.9. The fraction of sp³-hybridized carbons (Fsp3) is 0.133. The van der Waals surface area contributed by atoms with Crippen LogP contribution in [0.4, 0.5) is 0 Å². The highest BCUT2D eigenvalue weighted by molar-refractivity contribution is 5.82. The smallest absolute Gasteiger partial charge is 0.335 e. The quantitative estimate of drug-likeness (QED) is 0.683. The van der Waals surface area contributed by atoms with E-state index in [1.165, 1.54) is 7.11 Å². The first kappa shape index (κ1) is 12.3. The van der Waals surface area contributed by atoms with E-state index in [1.807, 2.05) is 54.6 Å². The van der Waals surface area contributed by atoms with Gasteiger partial charge in [-0.1, -0.05) is 47.7 Å². The molecule has 1 aromatic heterocycles. The lowest BCUT2D eigenvalue weighted by molar-refractivity contribution is -0.143. The number of hydrogen-bond acceptors (Lipinski definition) is 4. The second kappa shape index (κ2) is 5.13. The number of para-hydroxylation sites is 1. The van der Waals surface area contributed by atoms with Gasteiger partial charge < -0.3 is 4.74 Å². The number of fused-ring (bicyclic) bond motifs is 1. The van der Waals surface area contributed by atoms with Crippen molar-refractivity contribution >= 4 is 17.0 Å².